The average molecular weight is 246 g/mol. The van der Waals surface area contributed by atoms with Gasteiger partial charge in [0, 0.05) is 18.6 Å². The summed E-state index contributed by atoms with van der Waals surface area (Å²) in [6.07, 6.45) is 4.52. The number of nitrogens with zero attached hydrogens (tertiary/aromatic N) is 3. The van der Waals surface area contributed by atoms with Crippen molar-refractivity contribution in [3.05, 3.63) is 42.5 Å². The first-order chi connectivity index (χ1) is 8.66. The SMILES string of the molecule is O=C(Cn1cccc1C(=O)O)Nc1ncccn1. The van der Waals surface area contributed by atoms with Crippen LogP contribution >= 0.6 is 0 Å². The molecule has 0 fully saturated rings. The summed E-state index contributed by atoms with van der Waals surface area (Å²) in [5.41, 5.74) is 0.0548. The predicted octanol–water partition coefficient (Wildman–Crippen LogP) is 0.615. The molecule has 1 amide bonds. The van der Waals surface area contributed by atoms with E-state index in [1.807, 2.05) is 0 Å². The van der Waals surface area contributed by atoms with Gasteiger partial charge in [-0.2, -0.15) is 0 Å². The van der Waals surface area contributed by atoms with Crippen LogP contribution in [0.5, 0.6) is 0 Å². The molecule has 0 radical (unpaired) electrons. The van der Waals surface area contributed by atoms with Crippen LogP contribution in [-0.2, 0) is 11.3 Å². The van der Waals surface area contributed by atoms with Crippen LogP contribution in [0, 0.1) is 0 Å². The molecule has 0 bridgehead atoms. The molecule has 0 aromatic carbocycles. The molecule has 0 aliphatic rings. The fourth-order valence-electron chi connectivity index (χ4n) is 1.43. The number of hydrogen-bond acceptors (Lipinski definition) is 4. The Morgan fingerprint density at radius 2 is 2.00 bits per heavy atom. The number of carboxylic acid groups (broad SMARTS) is 1. The molecule has 0 atom stereocenters. The van der Waals surface area contributed by atoms with Crippen molar-refractivity contribution in [2.24, 2.45) is 0 Å². The first-order valence-corrected chi connectivity index (χ1v) is 5.12. The Morgan fingerprint density at radius 3 is 2.67 bits per heavy atom. The Labute approximate surface area is 102 Å². The lowest BCUT2D eigenvalue weighted by atomic mass is 10.4. The van der Waals surface area contributed by atoms with Crippen LogP contribution in [0.1, 0.15) is 10.5 Å². The topological polar surface area (TPSA) is 97.1 Å². The number of anilines is 1. The third-order valence-electron chi connectivity index (χ3n) is 2.18. The molecule has 7 heteroatoms. The molecule has 0 aliphatic carbocycles. The predicted molar refractivity (Wildman–Crippen MR) is 62.1 cm³/mol. The molecular weight excluding hydrogens is 236 g/mol. The highest BCUT2D eigenvalue weighted by Crippen LogP contribution is 2.03. The van der Waals surface area contributed by atoms with E-state index >= 15 is 0 Å². The lowest BCUT2D eigenvalue weighted by Crippen LogP contribution is -2.21. The molecule has 2 aromatic rings. The van der Waals surface area contributed by atoms with Crippen molar-refractivity contribution in [3.63, 3.8) is 0 Å². The minimum Gasteiger partial charge on any atom is -0.477 e. The van der Waals surface area contributed by atoms with Gasteiger partial charge in [-0.05, 0) is 18.2 Å². The Hall–Kier alpha value is -2.70. The summed E-state index contributed by atoms with van der Waals surface area (Å²) < 4.78 is 1.33. The van der Waals surface area contributed by atoms with Crippen molar-refractivity contribution >= 4 is 17.8 Å². The quantitative estimate of drug-likeness (QED) is 0.824. The van der Waals surface area contributed by atoms with Gasteiger partial charge in [0.15, 0.2) is 0 Å². The van der Waals surface area contributed by atoms with Gasteiger partial charge < -0.3 is 9.67 Å². The number of aromatic nitrogens is 3. The summed E-state index contributed by atoms with van der Waals surface area (Å²) in [5, 5.41) is 11.4. The van der Waals surface area contributed by atoms with Crippen LogP contribution < -0.4 is 5.32 Å². The zero-order valence-electron chi connectivity index (χ0n) is 9.28. The third-order valence-corrected chi connectivity index (χ3v) is 2.18. The van der Waals surface area contributed by atoms with Gasteiger partial charge in [0.2, 0.25) is 11.9 Å². The fraction of sp³-hybridized carbons (Fsp3) is 0.0909. The molecule has 0 aliphatic heterocycles. The van der Waals surface area contributed by atoms with Gasteiger partial charge in [0.05, 0.1) is 0 Å². The van der Waals surface area contributed by atoms with Crippen molar-refractivity contribution in [2.45, 2.75) is 6.54 Å². The largest absolute Gasteiger partial charge is 0.477 e. The van der Waals surface area contributed by atoms with E-state index in [1.165, 1.54) is 29.2 Å². The van der Waals surface area contributed by atoms with E-state index in [0.717, 1.165) is 0 Å². The monoisotopic (exact) mass is 246 g/mol. The number of carbonyl (C=O) groups excluding carboxylic acids is 1. The van der Waals surface area contributed by atoms with Crippen molar-refractivity contribution in [2.75, 3.05) is 5.32 Å². The highest BCUT2D eigenvalue weighted by Gasteiger charge is 2.12. The van der Waals surface area contributed by atoms with Crippen molar-refractivity contribution in [3.8, 4) is 0 Å². The Bertz CT molecular complexity index is 565. The first kappa shape index (κ1) is 11.8. The summed E-state index contributed by atoms with van der Waals surface area (Å²) in [4.78, 5) is 30.2. The van der Waals surface area contributed by atoms with E-state index in [1.54, 1.807) is 12.1 Å². The number of hydrogen-bond donors (Lipinski definition) is 2. The van der Waals surface area contributed by atoms with Crippen LogP contribution in [0.25, 0.3) is 0 Å². The molecule has 0 saturated heterocycles. The number of amides is 1. The van der Waals surface area contributed by atoms with E-state index in [-0.39, 0.29) is 24.1 Å². The molecule has 0 unspecified atom stereocenters. The van der Waals surface area contributed by atoms with E-state index in [0.29, 0.717) is 0 Å². The van der Waals surface area contributed by atoms with Crippen molar-refractivity contribution in [1.29, 1.82) is 0 Å². The summed E-state index contributed by atoms with van der Waals surface area (Å²) in [7, 11) is 0. The van der Waals surface area contributed by atoms with Crippen molar-refractivity contribution < 1.29 is 14.7 Å². The number of aromatic carboxylic acids is 1. The molecule has 2 N–H and O–H groups in total. The van der Waals surface area contributed by atoms with E-state index in [9.17, 15) is 9.59 Å². The van der Waals surface area contributed by atoms with Gasteiger partial charge in [-0.25, -0.2) is 14.8 Å². The summed E-state index contributed by atoms with van der Waals surface area (Å²) >= 11 is 0. The fourth-order valence-corrected chi connectivity index (χ4v) is 1.43. The highest BCUT2D eigenvalue weighted by molar-refractivity contribution is 5.90. The third kappa shape index (κ3) is 2.70. The van der Waals surface area contributed by atoms with Crippen LogP contribution in [0.2, 0.25) is 0 Å². The normalized spacial score (nSPS) is 10.0. The van der Waals surface area contributed by atoms with Gasteiger partial charge in [-0.1, -0.05) is 0 Å². The second-order valence-corrected chi connectivity index (χ2v) is 3.45. The summed E-state index contributed by atoms with van der Waals surface area (Å²) in [6, 6.07) is 4.62. The number of nitrogens with one attached hydrogen (secondary N) is 1. The van der Waals surface area contributed by atoms with E-state index in [2.05, 4.69) is 15.3 Å². The maximum Gasteiger partial charge on any atom is 0.352 e. The van der Waals surface area contributed by atoms with Gasteiger partial charge in [-0.3, -0.25) is 10.1 Å². The molecule has 18 heavy (non-hydrogen) atoms. The molecular formula is C11H10N4O3. The minimum absolute atomic E-state index is 0.0548. The van der Waals surface area contributed by atoms with Gasteiger partial charge in [-0.15, -0.1) is 0 Å². The van der Waals surface area contributed by atoms with E-state index in [4.69, 9.17) is 5.11 Å². The van der Waals surface area contributed by atoms with Crippen molar-refractivity contribution in [1.82, 2.24) is 14.5 Å². The van der Waals surface area contributed by atoms with Gasteiger partial charge in [0.25, 0.3) is 0 Å². The summed E-state index contributed by atoms with van der Waals surface area (Å²) in [5.74, 6) is -1.28. The lowest BCUT2D eigenvalue weighted by Gasteiger charge is -2.06. The standard InChI is InChI=1S/C11H10N4O3/c16-9(14-11-12-4-2-5-13-11)7-15-6-1-3-8(15)10(17)18/h1-6H,7H2,(H,17,18)(H,12,13,14,16). The van der Waals surface area contributed by atoms with Crippen LogP contribution in [-0.4, -0.2) is 31.5 Å². The minimum atomic E-state index is -1.08. The maximum absolute atomic E-state index is 11.6. The number of rotatable bonds is 4. The zero-order valence-corrected chi connectivity index (χ0v) is 9.28. The molecule has 92 valence electrons. The van der Waals surface area contributed by atoms with Crippen LogP contribution in [0.15, 0.2) is 36.8 Å². The molecule has 0 spiro atoms. The Kier molecular flexibility index (Phi) is 3.33. The molecule has 2 heterocycles. The number of carbonyl (C=O) groups is 2. The zero-order chi connectivity index (χ0) is 13.0. The molecule has 2 rings (SSSR count). The first-order valence-electron chi connectivity index (χ1n) is 5.12. The molecule has 0 saturated carbocycles. The van der Waals surface area contributed by atoms with Crippen LogP contribution in [0.4, 0.5) is 5.95 Å². The summed E-state index contributed by atoms with van der Waals surface area (Å²) in [6.45, 7) is -0.104. The highest BCUT2D eigenvalue weighted by atomic mass is 16.4. The number of carboxylic acids is 1. The second kappa shape index (κ2) is 5.09. The Morgan fingerprint density at radius 1 is 1.28 bits per heavy atom. The Balaban J connectivity index is 2.04. The second-order valence-electron chi connectivity index (χ2n) is 3.45. The molecule has 7 nitrogen and oxygen atoms in total. The lowest BCUT2D eigenvalue weighted by molar-refractivity contribution is -0.116. The molecule has 2 aromatic heterocycles. The van der Waals surface area contributed by atoms with E-state index < -0.39 is 5.97 Å². The van der Waals surface area contributed by atoms with Crippen LogP contribution in [0.3, 0.4) is 0 Å². The average Bonchev–Trinajstić information content (AvgIpc) is 2.78. The van der Waals surface area contributed by atoms with Gasteiger partial charge in [0.1, 0.15) is 12.2 Å². The smallest absolute Gasteiger partial charge is 0.352 e. The maximum atomic E-state index is 11.6. The van der Waals surface area contributed by atoms with Gasteiger partial charge >= 0.3 is 5.97 Å².